The molecule has 0 bridgehead atoms. The van der Waals surface area contributed by atoms with E-state index >= 15 is 0 Å². The summed E-state index contributed by atoms with van der Waals surface area (Å²) in [6.07, 6.45) is -1.40. The number of methoxy groups -OCH3 is 1. The first-order valence-electron chi connectivity index (χ1n) is 12.0. The van der Waals surface area contributed by atoms with Gasteiger partial charge in [0.2, 0.25) is 5.91 Å². The van der Waals surface area contributed by atoms with Crippen molar-refractivity contribution in [3.8, 4) is 0 Å². The summed E-state index contributed by atoms with van der Waals surface area (Å²) in [5.74, 6) is -0.684. The number of benzene rings is 1. The Morgan fingerprint density at radius 2 is 1.91 bits per heavy atom. The molecule has 0 spiro atoms. The number of hydrogen-bond donors (Lipinski definition) is 1. The van der Waals surface area contributed by atoms with E-state index in [1.54, 1.807) is 7.11 Å². The zero-order valence-electron chi connectivity index (χ0n) is 20.6. The molecule has 1 aliphatic heterocycles. The first-order valence-corrected chi connectivity index (χ1v) is 12.0. The standard InChI is InChI=1S/C25H36F3N3O3/c1-15(2)30(4)19-9-10-22(20(14-19)16(3)34-5)31-12-11-21(24(31)33)29-23(32)17-7-6-8-18(13-17)25(26,27)28/h6-8,13,15-16,19-22H,9-12,14H2,1-5H3,(H,29,32)/t16?,19-,20-,21?,22+/m1/s1. The topological polar surface area (TPSA) is 61.9 Å². The SMILES string of the molecule is COC(C)[C@H]1C[C@H](N(C)C(C)C)CC[C@@H]1N1CCC(NC(=O)c2cccc(C(F)(F)F)c2)C1=O. The molecule has 1 saturated heterocycles. The van der Waals surface area contributed by atoms with E-state index in [4.69, 9.17) is 4.74 Å². The van der Waals surface area contributed by atoms with E-state index in [9.17, 15) is 22.8 Å². The first-order chi connectivity index (χ1) is 15.9. The molecule has 1 heterocycles. The molecule has 1 aliphatic carbocycles. The Labute approximate surface area is 199 Å². The van der Waals surface area contributed by atoms with Crippen LogP contribution in [0.25, 0.3) is 0 Å². The number of nitrogens with zero attached hydrogens (tertiary/aromatic N) is 2. The fraction of sp³-hybridized carbons (Fsp3) is 0.680. The maximum absolute atomic E-state index is 13.3. The summed E-state index contributed by atoms with van der Waals surface area (Å²) in [6, 6.07) is 4.36. The van der Waals surface area contributed by atoms with Crippen molar-refractivity contribution in [3.63, 3.8) is 0 Å². The van der Waals surface area contributed by atoms with Gasteiger partial charge in [0.05, 0.1) is 11.7 Å². The number of halogens is 3. The molecule has 190 valence electrons. The van der Waals surface area contributed by atoms with Gasteiger partial charge in [0.25, 0.3) is 5.91 Å². The van der Waals surface area contributed by atoms with Crippen molar-refractivity contribution in [2.45, 2.75) is 82.9 Å². The van der Waals surface area contributed by atoms with Gasteiger partial charge in [0, 0.05) is 43.3 Å². The molecule has 1 N–H and O–H groups in total. The van der Waals surface area contributed by atoms with Crippen LogP contribution >= 0.6 is 0 Å². The van der Waals surface area contributed by atoms with E-state index in [1.807, 2.05) is 11.8 Å². The molecule has 3 rings (SSSR count). The fourth-order valence-corrected chi connectivity index (χ4v) is 5.27. The van der Waals surface area contributed by atoms with Crippen molar-refractivity contribution in [2.24, 2.45) is 5.92 Å². The molecular weight excluding hydrogens is 447 g/mol. The highest BCUT2D eigenvalue weighted by Gasteiger charge is 2.44. The maximum atomic E-state index is 13.3. The van der Waals surface area contributed by atoms with Gasteiger partial charge in [-0.2, -0.15) is 13.2 Å². The molecule has 2 amide bonds. The number of rotatable bonds is 7. The number of alkyl halides is 3. The number of amides is 2. The third-order valence-electron chi connectivity index (χ3n) is 7.60. The fourth-order valence-electron chi connectivity index (χ4n) is 5.27. The summed E-state index contributed by atoms with van der Waals surface area (Å²) >= 11 is 0. The minimum Gasteiger partial charge on any atom is -0.381 e. The molecule has 34 heavy (non-hydrogen) atoms. The predicted molar refractivity (Wildman–Crippen MR) is 123 cm³/mol. The first kappa shape index (κ1) is 26.5. The zero-order valence-corrected chi connectivity index (χ0v) is 20.6. The molecular formula is C25H36F3N3O3. The Balaban J connectivity index is 1.69. The molecule has 1 saturated carbocycles. The lowest BCUT2D eigenvalue weighted by molar-refractivity contribution is -0.137. The maximum Gasteiger partial charge on any atom is 0.416 e. The number of likely N-dealkylation sites (tertiary alicyclic amines) is 1. The Morgan fingerprint density at radius 1 is 1.21 bits per heavy atom. The van der Waals surface area contributed by atoms with Crippen LogP contribution < -0.4 is 5.32 Å². The predicted octanol–water partition coefficient (Wildman–Crippen LogP) is 3.95. The van der Waals surface area contributed by atoms with Gasteiger partial charge in [-0.15, -0.1) is 0 Å². The van der Waals surface area contributed by atoms with Crippen LogP contribution in [0.15, 0.2) is 24.3 Å². The quantitative estimate of drug-likeness (QED) is 0.638. The summed E-state index contributed by atoms with van der Waals surface area (Å²) in [6.45, 7) is 6.88. The molecule has 2 aliphatic rings. The van der Waals surface area contributed by atoms with Gasteiger partial charge in [-0.05, 0) is 71.7 Å². The Bertz CT molecular complexity index is 876. The smallest absolute Gasteiger partial charge is 0.381 e. The number of carbonyl (C=O) groups excluding carboxylic acids is 2. The van der Waals surface area contributed by atoms with Crippen LogP contribution in [0.3, 0.4) is 0 Å². The molecule has 2 unspecified atom stereocenters. The van der Waals surface area contributed by atoms with Crippen molar-refractivity contribution in [1.29, 1.82) is 0 Å². The van der Waals surface area contributed by atoms with Crippen molar-refractivity contribution in [2.75, 3.05) is 20.7 Å². The average Bonchev–Trinajstić information content (AvgIpc) is 3.16. The van der Waals surface area contributed by atoms with Crippen molar-refractivity contribution < 1.29 is 27.5 Å². The lowest BCUT2D eigenvalue weighted by Gasteiger charge is -2.46. The van der Waals surface area contributed by atoms with Crippen LogP contribution in [0.2, 0.25) is 0 Å². The van der Waals surface area contributed by atoms with Crippen LogP contribution in [0.4, 0.5) is 13.2 Å². The molecule has 0 aromatic heterocycles. The van der Waals surface area contributed by atoms with E-state index in [2.05, 4.69) is 31.1 Å². The van der Waals surface area contributed by atoms with Crippen LogP contribution in [0, 0.1) is 5.92 Å². The third kappa shape index (κ3) is 5.74. The Kier molecular flexibility index (Phi) is 8.29. The summed E-state index contributed by atoms with van der Waals surface area (Å²) in [5, 5.41) is 2.66. The third-order valence-corrected chi connectivity index (χ3v) is 7.60. The van der Waals surface area contributed by atoms with Crippen molar-refractivity contribution in [1.82, 2.24) is 15.1 Å². The molecule has 9 heteroatoms. The lowest BCUT2D eigenvalue weighted by atomic mass is 9.77. The average molecular weight is 484 g/mol. The second-order valence-electron chi connectivity index (χ2n) is 9.82. The molecule has 1 aromatic carbocycles. The van der Waals surface area contributed by atoms with Crippen LogP contribution in [-0.2, 0) is 15.7 Å². The van der Waals surface area contributed by atoms with Crippen LogP contribution in [0.1, 0.15) is 62.4 Å². The minimum absolute atomic E-state index is 0.00900. The summed E-state index contributed by atoms with van der Waals surface area (Å²) < 4.78 is 44.7. The highest BCUT2D eigenvalue weighted by atomic mass is 19.4. The highest BCUT2D eigenvalue weighted by Crippen LogP contribution is 2.36. The van der Waals surface area contributed by atoms with Crippen LogP contribution in [0.5, 0.6) is 0 Å². The largest absolute Gasteiger partial charge is 0.416 e. The second kappa shape index (κ2) is 10.6. The molecule has 1 aromatic rings. The molecule has 0 radical (unpaired) electrons. The number of carbonyl (C=O) groups is 2. The summed E-state index contributed by atoms with van der Waals surface area (Å²) in [5.41, 5.74) is -0.997. The van der Waals surface area contributed by atoms with Gasteiger partial charge in [0.1, 0.15) is 6.04 Å². The molecule has 5 atom stereocenters. The van der Waals surface area contributed by atoms with Gasteiger partial charge in [-0.25, -0.2) is 0 Å². The van der Waals surface area contributed by atoms with E-state index in [0.717, 1.165) is 31.4 Å². The summed E-state index contributed by atoms with van der Waals surface area (Å²) in [4.78, 5) is 30.1. The Hall–Kier alpha value is -2.13. The molecule has 2 fully saturated rings. The van der Waals surface area contributed by atoms with E-state index < -0.39 is 23.7 Å². The molecule has 6 nitrogen and oxygen atoms in total. The second-order valence-corrected chi connectivity index (χ2v) is 9.82. The van der Waals surface area contributed by atoms with Crippen LogP contribution in [-0.4, -0.2) is 72.6 Å². The number of ether oxygens (including phenoxy) is 1. The van der Waals surface area contributed by atoms with Crippen molar-refractivity contribution in [3.05, 3.63) is 35.4 Å². The monoisotopic (exact) mass is 483 g/mol. The van der Waals surface area contributed by atoms with E-state index in [1.165, 1.54) is 12.1 Å². The van der Waals surface area contributed by atoms with Crippen molar-refractivity contribution >= 4 is 11.8 Å². The van der Waals surface area contributed by atoms with Gasteiger partial charge in [-0.3, -0.25) is 9.59 Å². The number of hydrogen-bond acceptors (Lipinski definition) is 4. The Morgan fingerprint density at radius 3 is 2.53 bits per heavy atom. The highest BCUT2D eigenvalue weighted by molar-refractivity contribution is 5.98. The normalized spacial score (nSPS) is 26.9. The van der Waals surface area contributed by atoms with Gasteiger partial charge < -0.3 is 19.9 Å². The summed E-state index contributed by atoms with van der Waals surface area (Å²) in [7, 11) is 3.81. The number of nitrogens with one attached hydrogen (secondary N) is 1. The minimum atomic E-state index is -4.54. The van der Waals surface area contributed by atoms with Gasteiger partial charge >= 0.3 is 6.18 Å². The van der Waals surface area contributed by atoms with Gasteiger partial charge in [-0.1, -0.05) is 6.07 Å². The van der Waals surface area contributed by atoms with Gasteiger partial charge in [0.15, 0.2) is 0 Å². The van der Waals surface area contributed by atoms with E-state index in [0.29, 0.717) is 25.0 Å². The zero-order chi connectivity index (χ0) is 25.2. The lowest BCUT2D eigenvalue weighted by Crippen LogP contribution is -2.54. The van der Waals surface area contributed by atoms with E-state index in [-0.39, 0.29) is 29.5 Å².